The fourth-order valence-electron chi connectivity index (χ4n) is 2.71. The molecule has 1 aliphatic carbocycles. The predicted octanol–water partition coefficient (Wildman–Crippen LogP) is 5.23. The van der Waals surface area contributed by atoms with Gasteiger partial charge in [0.15, 0.2) is 0 Å². The predicted molar refractivity (Wildman–Crippen MR) is 75.8 cm³/mol. The fraction of sp³-hybridized carbons (Fsp3) is 0.412. The number of hydrogen-bond acceptors (Lipinski definition) is 0. The first-order valence-corrected chi connectivity index (χ1v) is 6.76. The van der Waals surface area contributed by atoms with Crippen molar-refractivity contribution in [2.75, 3.05) is 0 Å². The fourth-order valence-corrected chi connectivity index (χ4v) is 2.71. The first-order valence-electron chi connectivity index (χ1n) is 6.76. The summed E-state index contributed by atoms with van der Waals surface area (Å²) in [5, 5.41) is 0. The van der Waals surface area contributed by atoms with Crippen molar-refractivity contribution in [3.63, 3.8) is 0 Å². The highest BCUT2D eigenvalue weighted by molar-refractivity contribution is 5.53. The lowest BCUT2D eigenvalue weighted by atomic mass is 9.80. The molecule has 1 aliphatic rings. The summed E-state index contributed by atoms with van der Waals surface area (Å²) in [7, 11) is 0. The Kier molecular flexibility index (Phi) is 4.61. The lowest BCUT2D eigenvalue weighted by Crippen LogP contribution is -2.09. The van der Waals surface area contributed by atoms with Crippen LogP contribution in [0.3, 0.4) is 0 Å². The van der Waals surface area contributed by atoms with Crippen molar-refractivity contribution in [2.24, 2.45) is 5.92 Å². The van der Waals surface area contributed by atoms with Crippen LogP contribution >= 0.6 is 0 Å². The normalized spacial score (nSPS) is 22.6. The SMILES string of the molecule is C=CCCC1CCCCC1=Cc1ccccc1. The monoisotopic (exact) mass is 226 g/mol. The van der Waals surface area contributed by atoms with Crippen LogP contribution in [0.15, 0.2) is 48.6 Å². The molecule has 0 saturated heterocycles. The van der Waals surface area contributed by atoms with Crippen molar-refractivity contribution in [2.45, 2.75) is 38.5 Å². The first kappa shape index (κ1) is 12.2. The van der Waals surface area contributed by atoms with Crippen LogP contribution in [-0.2, 0) is 0 Å². The van der Waals surface area contributed by atoms with Gasteiger partial charge in [0.05, 0.1) is 0 Å². The van der Waals surface area contributed by atoms with E-state index in [0.717, 1.165) is 12.3 Å². The smallest absolute Gasteiger partial charge is 0.0197 e. The average molecular weight is 226 g/mol. The highest BCUT2D eigenvalue weighted by Gasteiger charge is 2.17. The molecule has 0 bridgehead atoms. The van der Waals surface area contributed by atoms with E-state index in [0.29, 0.717) is 0 Å². The molecule has 1 unspecified atom stereocenters. The summed E-state index contributed by atoms with van der Waals surface area (Å²) in [5.41, 5.74) is 3.01. The van der Waals surface area contributed by atoms with Gasteiger partial charge in [0.1, 0.15) is 0 Å². The molecule has 0 heteroatoms. The van der Waals surface area contributed by atoms with E-state index in [1.54, 1.807) is 5.57 Å². The third-order valence-corrected chi connectivity index (χ3v) is 3.66. The standard InChI is InChI=1S/C17H22/c1-2-3-11-16-12-7-8-13-17(16)14-15-9-5-4-6-10-15/h2,4-6,9-10,14,16H,1,3,7-8,11-13H2. The zero-order chi connectivity index (χ0) is 11.9. The lowest BCUT2D eigenvalue weighted by Gasteiger charge is -2.25. The van der Waals surface area contributed by atoms with Crippen LogP contribution in [0.4, 0.5) is 0 Å². The maximum atomic E-state index is 3.83. The van der Waals surface area contributed by atoms with Crippen molar-refractivity contribution in [3.8, 4) is 0 Å². The molecule has 1 saturated carbocycles. The van der Waals surface area contributed by atoms with Gasteiger partial charge in [0.25, 0.3) is 0 Å². The Labute approximate surface area is 105 Å². The Hall–Kier alpha value is -1.30. The van der Waals surface area contributed by atoms with Crippen LogP contribution in [0.2, 0.25) is 0 Å². The topological polar surface area (TPSA) is 0 Å². The highest BCUT2D eigenvalue weighted by atomic mass is 14.2. The van der Waals surface area contributed by atoms with Crippen LogP contribution in [0, 0.1) is 5.92 Å². The van der Waals surface area contributed by atoms with Crippen molar-refractivity contribution >= 4 is 6.08 Å². The van der Waals surface area contributed by atoms with Crippen LogP contribution in [-0.4, -0.2) is 0 Å². The third-order valence-electron chi connectivity index (χ3n) is 3.66. The Bertz CT molecular complexity index is 372. The van der Waals surface area contributed by atoms with Gasteiger partial charge in [-0.1, -0.05) is 54.5 Å². The molecule has 17 heavy (non-hydrogen) atoms. The molecule has 1 aromatic carbocycles. The van der Waals surface area contributed by atoms with Crippen molar-refractivity contribution in [3.05, 3.63) is 54.1 Å². The van der Waals surface area contributed by atoms with Crippen LogP contribution in [0.1, 0.15) is 44.1 Å². The number of allylic oxidation sites excluding steroid dienone is 2. The van der Waals surface area contributed by atoms with Gasteiger partial charge in [-0.3, -0.25) is 0 Å². The van der Waals surface area contributed by atoms with E-state index in [1.807, 2.05) is 0 Å². The number of benzene rings is 1. The minimum absolute atomic E-state index is 0.793. The number of rotatable bonds is 4. The number of hydrogen-bond donors (Lipinski definition) is 0. The van der Waals surface area contributed by atoms with E-state index in [1.165, 1.54) is 37.7 Å². The first-order chi connectivity index (χ1) is 8.40. The molecule has 0 nitrogen and oxygen atoms in total. The molecular formula is C17H22. The summed E-state index contributed by atoms with van der Waals surface area (Å²) >= 11 is 0. The Balaban J connectivity index is 2.10. The Morgan fingerprint density at radius 2 is 2.00 bits per heavy atom. The second-order valence-electron chi connectivity index (χ2n) is 4.94. The van der Waals surface area contributed by atoms with Gasteiger partial charge in [-0.2, -0.15) is 0 Å². The Morgan fingerprint density at radius 1 is 1.18 bits per heavy atom. The molecule has 90 valence electrons. The largest absolute Gasteiger partial charge is 0.103 e. The quantitative estimate of drug-likeness (QED) is 0.617. The average Bonchev–Trinajstić information content (AvgIpc) is 2.39. The van der Waals surface area contributed by atoms with Gasteiger partial charge in [0.2, 0.25) is 0 Å². The van der Waals surface area contributed by atoms with E-state index in [2.05, 4.69) is 49.1 Å². The minimum Gasteiger partial charge on any atom is -0.103 e. The minimum atomic E-state index is 0.793. The molecule has 0 N–H and O–H groups in total. The van der Waals surface area contributed by atoms with Gasteiger partial charge < -0.3 is 0 Å². The van der Waals surface area contributed by atoms with Gasteiger partial charge in [0, 0.05) is 0 Å². The van der Waals surface area contributed by atoms with Gasteiger partial charge in [-0.15, -0.1) is 6.58 Å². The summed E-state index contributed by atoms with van der Waals surface area (Å²) in [5.74, 6) is 0.793. The van der Waals surface area contributed by atoms with Crippen molar-refractivity contribution in [1.29, 1.82) is 0 Å². The maximum absolute atomic E-state index is 3.83. The second-order valence-corrected chi connectivity index (χ2v) is 4.94. The second kappa shape index (κ2) is 6.44. The molecule has 0 amide bonds. The van der Waals surface area contributed by atoms with Crippen molar-refractivity contribution in [1.82, 2.24) is 0 Å². The van der Waals surface area contributed by atoms with E-state index >= 15 is 0 Å². The molecule has 1 aromatic rings. The van der Waals surface area contributed by atoms with E-state index in [-0.39, 0.29) is 0 Å². The summed E-state index contributed by atoms with van der Waals surface area (Å²) in [6.45, 7) is 3.83. The maximum Gasteiger partial charge on any atom is -0.0197 e. The lowest BCUT2D eigenvalue weighted by molar-refractivity contribution is 0.434. The van der Waals surface area contributed by atoms with Gasteiger partial charge >= 0.3 is 0 Å². The molecule has 0 spiro atoms. The molecule has 0 aromatic heterocycles. The third kappa shape index (κ3) is 3.59. The molecule has 0 aliphatic heterocycles. The summed E-state index contributed by atoms with van der Waals surface area (Å²) in [6, 6.07) is 10.7. The van der Waals surface area contributed by atoms with E-state index in [9.17, 15) is 0 Å². The van der Waals surface area contributed by atoms with Crippen LogP contribution in [0.5, 0.6) is 0 Å². The van der Waals surface area contributed by atoms with Gasteiger partial charge in [-0.25, -0.2) is 0 Å². The summed E-state index contributed by atoms with van der Waals surface area (Å²) in [6.07, 6.45) is 12.3. The summed E-state index contributed by atoms with van der Waals surface area (Å²) < 4.78 is 0. The molecule has 1 atom stereocenters. The van der Waals surface area contributed by atoms with Crippen LogP contribution in [0.25, 0.3) is 6.08 Å². The zero-order valence-corrected chi connectivity index (χ0v) is 10.6. The van der Waals surface area contributed by atoms with E-state index in [4.69, 9.17) is 0 Å². The van der Waals surface area contributed by atoms with Gasteiger partial charge in [-0.05, 0) is 43.6 Å². The molecule has 0 radical (unpaired) electrons. The molecule has 0 heterocycles. The highest BCUT2D eigenvalue weighted by Crippen LogP contribution is 2.33. The zero-order valence-electron chi connectivity index (χ0n) is 10.6. The van der Waals surface area contributed by atoms with E-state index < -0.39 is 0 Å². The van der Waals surface area contributed by atoms with Crippen LogP contribution < -0.4 is 0 Å². The van der Waals surface area contributed by atoms with Crippen molar-refractivity contribution < 1.29 is 0 Å². The summed E-state index contributed by atoms with van der Waals surface area (Å²) in [4.78, 5) is 0. The Morgan fingerprint density at radius 3 is 2.76 bits per heavy atom. The molecular weight excluding hydrogens is 204 g/mol. The molecule has 1 fully saturated rings. The molecule has 2 rings (SSSR count).